The van der Waals surface area contributed by atoms with Gasteiger partial charge in [-0.1, -0.05) is 13.3 Å². The molecular formula is C20H41IN4O. The van der Waals surface area contributed by atoms with Gasteiger partial charge < -0.3 is 20.3 Å². The van der Waals surface area contributed by atoms with Gasteiger partial charge in [-0.2, -0.15) is 0 Å². The average Bonchev–Trinajstić information content (AvgIpc) is 2.61. The van der Waals surface area contributed by atoms with Crippen molar-refractivity contribution in [3.05, 3.63) is 0 Å². The van der Waals surface area contributed by atoms with Crippen LogP contribution in [0.4, 0.5) is 0 Å². The van der Waals surface area contributed by atoms with Gasteiger partial charge in [-0.3, -0.25) is 4.99 Å². The molecule has 0 aromatic heterocycles. The summed E-state index contributed by atoms with van der Waals surface area (Å²) in [5.41, 5.74) is 0.394. The number of likely N-dealkylation sites (tertiary alicyclic amines) is 1. The third kappa shape index (κ3) is 7.89. The van der Waals surface area contributed by atoms with Gasteiger partial charge in [0.2, 0.25) is 0 Å². The lowest BCUT2D eigenvalue weighted by molar-refractivity contribution is 0.0778. The highest BCUT2D eigenvalue weighted by Gasteiger charge is 2.36. The first-order valence-electron chi connectivity index (χ1n) is 10.4. The summed E-state index contributed by atoms with van der Waals surface area (Å²) >= 11 is 0. The zero-order chi connectivity index (χ0) is 18.0. The van der Waals surface area contributed by atoms with Crippen molar-refractivity contribution in [3.63, 3.8) is 0 Å². The largest absolute Gasteiger partial charge is 0.385 e. The predicted molar refractivity (Wildman–Crippen MR) is 122 cm³/mol. The van der Waals surface area contributed by atoms with Gasteiger partial charge in [0.25, 0.3) is 0 Å². The Labute approximate surface area is 178 Å². The average molecular weight is 480 g/mol. The highest BCUT2D eigenvalue weighted by molar-refractivity contribution is 14.0. The normalized spacial score (nSPS) is 21.0. The van der Waals surface area contributed by atoms with E-state index in [-0.39, 0.29) is 24.0 Å². The number of piperidine rings is 1. The molecule has 1 aliphatic heterocycles. The molecule has 0 spiro atoms. The molecule has 6 heteroatoms. The molecule has 0 aromatic carbocycles. The summed E-state index contributed by atoms with van der Waals surface area (Å²) in [6.45, 7) is 11.9. The quantitative estimate of drug-likeness (QED) is 0.286. The van der Waals surface area contributed by atoms with Crippen LogP contribution in [0.15, 0.2) is 4.99 Å². The first-order chi connectivity index (χ1) is 12.2. The van der Waals surface area contributed by atoms with E-state index in [9.17, 15) is 0 Å². The molecule has 154 valence electrons. The summed E-state index contributed by atoms with van der Waals surface area (Å²) in [4.78, 5) is 7.46. The first kappa shape index (κ1) is 24.0. The zero-order valence-corrected chi connectivity index (χ0v) is 19.5. The van der Waals surface area contributed by atoms with Crippen LogP contribution in [0.2, 0.25) is 0 Å². The molecule has 0 radical (unpaired) electrons. The number of aliphatic imine (C=N–C) groups is 1. The van der Waals surface area contributed by atoms with E-state index in [1.54, 1.807) is 7.11 Å². The van der Waals surface area contributed by atoms with E-state index in [1.165, 1.54) is 58.2 Å². The Bertz CT molecular complexity index is 393. The standard InChI is InChI=1S/C20H40N4O.HI/c1-4-21-19(23-17-20(10-6-11-20)12-16-25-3)22-13-7-18-8-14-24(5-2)15-9-18;/h18H,4-17H2,1-3H3,(H2,21,22,23);1H. The minimum absolute atomic E-state index is 0. The van der Waals surface area contributed by atoms with Crippen LogP contribution >= 0.6 is 24.0 Å². The van der Waals surface area contributed by atoms with Crippen LogP contribution in [0.25, 0.3) is 0 Å². The Morgan fingerprint density at radius 1 is 1.19 bits per heavy atom. The maximum Gasteiger partial charge on any atom is 0.191 e. The number of hydrogen-bond acceptors (Lipinski definition) is 3. The lowest BCUT2D eigenvalue weighted by Crippen LogP contribution is -2.41. The number of methoxy groups -OCH3 is 1. The molecule has 0 aromatic rings. The smallest absolute Gasteiger partial charge is 0.191 e. The second-order valence-electron chi connectivity index (χ2n) is 7.88. The van der Waals surface area contributed by atoms with Crippen LogP contribution in [0.1, 0.15) is 58.8 Å². The maximum atomic E-state index is 5.29. The van der Waals surface area contributed by atoms with Gasteiger partial charge in [0.05, 0.1) is 0 Å². The molecule has 0 bridgehead atoms. The number of nitrogens with zero attached hydrogens (tertiary/aromatic N) is 2. The van der Waals surface area contributed by atoms with Crippen LogP contribution in [0, 0.1) is 11.3 Å². The fourth-order valence-electron chi connectivity index (χ4n) is 4.06. The van der Waals surface area contributed by atoms with Crippen molar-refractivity contribution in [1.82, 2.24) is 15.5 Å². The molecule has 2 rings (SSSR count). The molecule has 26 heavy (non-hydrogen) atoms. The van der Waals surface area contributed by atoms with Crippen LogP contribution in [0.5, 0.6) is 0 Å². The second-order valence-corrected chi connectivity index (χ2v) is 7.88. The van der Waals surface area contributed by atoms with E-state index in [2.05, 4.69) is 29.4 Å². The van der Waals surface area contributed by atoms with Crippen LogP contribution in [0.3, 0.4) is 0 Å². The Kier molecular flexibility index (Phi) is 12.1. The Hall–Kier alpha value is -0.0800. The Morgan fingerprint density at radius 3 is 2.46 bits per heavy atom. The van der Waals surface area contributed by atoms with E-state index < -0.39 is 0 Å². The first-order valence-corrected chi connectivity index (χ1v) is 10.4. The van der Waals surface area contributed by atoms with Gasteiger partial charge in [0.15, 0.2) is 5.96 Å². The van der Waals surface area contributed by atoms with E-state index in [0.29, 0.717) is 5.41 Å². The molecule has 0 unspecified atom stereocenters. The molecule has 0 amide bonds. The fraction of sp³-hybridized carbons (Fsp3) is 0.950. The minimum Gasteiger partial charge on any atom is -0.385 e. The molecule has 2 fully saturated rings. The third-order valence-corrected chi connectivity index (χ3v) is 6.17. The summed E-state index contributed by atoms with van der Waals surface area (Å²) in [7, 11) is 1.80. The summed E-state index contributed by atoms with van der Waals surface area (Å²) in [6.07, 6.45) is 9.05. The molecule has 1 heterocycles. The molecular weight excluding hydrogens is 439 g/mol. The zero-order valence-electron chi connectivity index (χ0n) is 17.2. The van der Waals surface area contributed by atoms with Gasteiger partial charge in [-0.05, 0) is 76.4 Å². The van der Waals surface area contributed by atoms with Crippen molar-refractivity contribution < 1.29 is 4.74 Å². The second kappa shape index (κ2) is 13.2. The Morgan fingerprint density at radius 2 is 1.92 bits per heavy atom. The molecule has 1 saturated carbocycles. The number of rotatable bonds is 10. The van der Waals surface area contributed by atoms with Gasteiger partial charge in [-0.15, -0.1) is 24.0 Å². The van der Waals surface area contributed by atoms with Gasteiger partial charge >= 0.3 is 0 Å². The van der Waals surface area contributed by atoms with Crippen molar-refractivity contribution in [2.45, 2.75) is 58.8 Å². The van der Waals surface area contributed by atoms with Crippen LogP contribution in [-0.4, -0.2) is 63.8 Å². The number of guanidine groups is 1. The summed E-state index contributed by atoms with van der Waals surface area (Å²) < 4.78 is 5.29. The van der Waals surface area contributed by atoms with E-state index in [4.69, 9.17) is 9.73 Å². The number of ether oxygens (including phenoxy) is 1. The monoisotopic (exact) mass is 480 g/mol. The van der Waals surface area contributed by atoms with Crippen molar-refractivity contribution in [2.75, 3.05) is 53.0 Å². The highest BCUT2D eigenvalue weighted by Crippen LogP contribution is 2.44. The molecule has 1 aliphatic carbocycles. The number of nitrogens with one attached hydrogen (secondary N) is 2. The van der Waals surface area contributed by atoms with Gasteiger partial charge in [0, 0.05) is 33.4 Å². The van der Waals surface area contributed by atoms with Crippen molar-refractivity contribution >= 4 is 29.9 Å². The topological polar surface area (TPSA) is 48.9 Å². The van der Waals surface area contributed by atoms with Crippen molar-refractivity contribution in [2.24, 2.45) is 16.3 Å². The number of halogens is 1. The number of hydrogen-bond donors (Lipinski definition) is 2. The van der Waals surface area contributed by atoms with Crippen molar-refractivity contribution in [3.8, 4) is 0 Å². The van der Waals surface area contributed by atoms with E-state index in [1.807, 2.05) is 0 Å². The van der Waals surface area contributed by atoms with Gasteiger partial charge in [0.1, 0.15) is 0 Å². The highest BCUT2D eigenvalue weighted by atomic mass is 127. The molecule has 5 nitrogen and oxygen atoms in total. The third-order valence-electron chi connectivity index (χ3n) is 6.17. The predicted octanol–water partition coefficient (Wildman–Crippen LogP) is 3.49. The van der Waals surface area contributed by atoms with Crippen LogP contribution < -0.4 is 10.6 Å². The minimum atomic E-state index is 0. The maximum absolute atomic E-state index is 5.29. The van der Waals surface area contributed by atoms with Crippen LogP contribution in [-0.2, 0) is 4.74 Å². The SMILES string of the molecule is CCNC(=NCC1(CCOC)CCC1)NCCC1CCN(CC)CC1.I. The van der Waals surface area contributed by atoms with Crippen molar-refractivity contribution in [1.29, 1.82) is 0 Å². The van der Waals surface area contributed by atoms with E-state index in [0.717, 1.165) is 44.5 Å². The Balaban J connectivity index is 0.00000338. The molecule has 0 atom stereocenters. The summed E-state index contributed by atoms with van der Waals surface area (Å²) in [5.74, 6) is 1.87. The lowest BCUT2D eigenvalue weighted by atomic mass is 9.67. The molecule has 2 N–H and O–H groups in total. The summed E-state index contributed by atoms with van der Waals surface area (Å²) in [5, 5.41) is 6.98. The lowest BCUT2D eigenvalue weighted by Gasteiger charge is -2.40. The fourth-order valence-corrected chi connectivity index (χ4v) is 4.06. The summed E-state index contributed by atoms with van der Waals surface area (Å²) in [6, 6.07) is 0. The van der Waals surface area contributed by atoms with Gasteiger partial charge in [-0.25, -0.2) is 0 Å². The molecule has 2 aliphatic rings. The van der Waals surface area contributed by atoms with E-state index >= 15 is 0 Å². The molecule has 1 saturated heterocycles.